The van der Waals surface area contributed by atoms with Crippen molar-refractivity contribution in [1.29, 1.82) is 0 Å². The van der Waals surface area contributed by atoms with Gasteiger partial charge in [-0.25, -0.2) is 4.98 Å². The van der Waals surface area contributed by atoms with Gasteiger partial charge in [0.1, 0.15) is 5.69 Å². The fraction of sp³-hybridized carbons (Fsp3) is 0.235. The summed E-state index contributed by atoms with van der Waals surface area (Å²) in [7, 11) is 0. The van der Waals surface area contributed by atoms with Crippen molar-refractivity contribution >= 4 is 22.4 Å². The number of benzene rings is 1. The topological polar surface area (TPSA) is 87.9 Å². The number of aromatic amines is 1. The van der Waals surface area contributed by atoms with E-state index in [0.717, 1.165) is 28.2 Å². The van der Waals surface area contributed by atoms with Crippen molar-refractivity contribution in [2.75, 3.05) is 12.3 Å². The van der Waals surface area contributed by atoms with Crippen LogP contribution in [0.5, 0.6) is 0 Å². The van der Waals surface area contributed by atoms with Crippen LogP contribution in [0.1, 0.15) is 26.6 Å². The van der Waals surface area contributed by atoms with Gasteiger partial charge in [0.25, 0.3) is 5.91 Å². The minimum Gasteiger partial charge on any atom is -0.375 e. The molecular formula is C17H17N5OS. The Balaban J connectivity index is 1.68. The first-order chi connectivity index (χ1) is 11.6. The number of carbonyl (C=O) groups excluding carboxylic acids is 1. The number of carbonyl (C=O) groups is 1. The number of nitrogen functional groups attached to an aromatic ring is 1. The second-order valence-corrected chi connectivity index (χ2v) is 6.95. The summed E-state index contributed by atoms with van der Waals surface area (Å²) in [6.07, 6.45) is 0.742. The molecule has 0 bridgehead atoms. The predicted octanol–water partition coefficient (Wildman–Crippen LogP) is 2.62. The number of hydrogen-bond acceptors (Lipinski definition) is 5. The zero-order chi connectivity index (χ0) is 16.7. The van der Waals surface area contributed by atoms with E-state index >= 15 is 0 Å². The lowest BCUT2D eigenvalue weighted by Crippen LogP contribution is -2.36. The Morgan fingerprint density at radius 3 is 2.92 bits per heavy atom. The number of H-pyrrole nitrogens is 1. The van der Waals surface area contributed by atoms with Crippen LogP contribution >= 0.6 is 11.3 Å². The third-order valence-corrected chi connectivity index (χ3v) is 5.15. The van der Waals surface area contributed by atoms with Gasteiger partial charge in [-0.2, -0.15) is 5.10 Å². The molecule has 1 aliphatic rings. The van der Waals surface area contributed by atoms with Gasteiger partial charge in [-0.05, 0) is 6.92 Å². The number of anilines is 1. The molecule has 0 spiro atoms. The van der Waals surface area contributed by atoms with Crippen LogP contribution in [0.25, 0.3) is 11.3 Å². The Labute approximate surface area is 143 Å². The number of nitrogens with zero attached hydrogens (tertiary/aromatic N) is 3. The average Bonchev–Trinajstić information content (AvgIpc) is 3.16. The fourth-order valence-electron chi connectivity index (χ4n) is 3.04. The van der Waals surface area contributed by atoms with Crippen molar-refractivity contribution in [3.8, 4) is 11.3 Å². The molecule has 3 N–H and O–H groups in total. The highest BCUT2D eigenvalue weighted by Crippen LogP contribution is 2.30. The largest absolute Gasteiger partial charge is 0.375 e. The quantitative estimate of drug-likeness (QED) is 0.751. The van der Waals surface area contributed by atoms with Crippen molar-refractivity contribution in [3.63, 3.8) is 0 Å². The molecule has 2 aromatic heterocycles. The standard InChI is InChI=1S/C17H17N5OS/c1-10-14(15(21-20-10)11-5-3-2-4-6-11)16(23)22-8-7-12-13(9-22)24-17(18)19-12/h2-6H,7-9H2,1H3,(H2,18,19)(H,20,21). The molecule has 24 heavy (non-hydrogen) atoms. The van der Waals surface area contributed by atoms with Crippen molar-refractivity contribution in [1.82, 2.24) is 20.1 Å². The highest BCUT2D eigenvalue weighted by molar-refractivity contribution is 7.15. The van der Waals surface area contributed by atoms with Crippen LogP contribution in [0.15, 0.2) is 30.3 Å². The van der Waals surface area contributed by atoms with E-state index < -0.39 is 0 Å². The second kappa shape index (κ2) is 5.76. The Bertz CT molecular complexity index is 899. The average molecular weight is 339 g/mol. The van der Waals surface area contributed by atoms with E-state index in [2.05, 4.69) is 15.2 Å². The molecular weight excluding hydrogens is 322 g/mol. The summed E-state index contributed by atoms with van der Waals surface area (Å²) in [6.45, 7) is 3.09. The van der Waals surface area contributed by atoms with Gasteiger partial charge in [-0.1, -0.05) is 30.3 Å². The molecule has 0 unspecified atom stereocenters. The van der Waals surface area contributed by atoms with E-state index in [1.54, 1.807) is 0 Å². The summed E-state index contributed by atoms with van der Waals surface area (Å²) in [5.74, 6) is -0.00211. The SMILES string of the molecule is Cc1[nH]nc(-c2ccccc2)c1C(=O)N1CCc2nc(N)sc2C1. The highest BCUT2D eigenvalue weighted by Gasteiger charge is 2.28. The lowest BCUT2D eigenvalue weighted by Gasteiger charge is -2.26. The smallest absolute Gasteiger partial charge is 0.258 e. The van der Waals surface area contributed by atoms with Crippen LogP contribution in [-0.4, -0.2) is 32.5 Å². The minimum atomic E-state index is -0.00211. The van der Waals surface area contributed by atoms with Crippen LogP contribution < -0.4 is 5.73 Å². The summed E-state index contributed by atoms with van der Waals surface area (Å²) in [6, 6.07) is 9.77. The third-order valence-electron chi connectivity index (χ3n) is 4.24. The molecule has 0 atom stereocenters. The molecule has 0 fully saturated rings. The molecule has 0 saturated carbocycles. The number of nitrogens with one attached hydrogen (secondary N) is 1. The number of fused-ring (bicyclic) bond motifs is 1. The van der Waals surface area contributed by atoms with Gasteiger partial charge in [0.15, 0.2) is 5.13 Å². The minimum absolute atomic E-state index is 0.00211. The second-order valence-electron chi connectivity index (χ2n) is 5.84. The molecule has 3 aromatic rings. The van der Waals surface area contributed by atoms with Crippen LogP contribution in [-0.2, 0) is 13.0 Å². The molecule has 0 radical (unpaired) electrons. The van der Waals surface area contributed by atoms with Crippen molar-refractivity contribution in [2.24, 2.45) is 0 Å². The molecule has 7 heteroatoms. The first-order valence-corrected chi connectivity index (χ1v) is 8.59. The van der Waals surface area contributed by atoms with Gasteiger partial charge in [0.05, 0.1) is 17.8 Å². The zero-order valence-corrected chi connectivity index (χ0v) is 14.1. The third kappa shape index (κ3) is 2.46. The lowest BCUT2D eigenvalue weighted by atomic mass is 10.0. The number of aryl methyl sites for hydroxylation is 1. The number of hydrogen-bond donors (Lipinski definition) is 2. The summed E-state index contributed by atoms with van der Waals surface area (Å²) in [5, 5.41) is 7.87. The summed E-state index contributed by atoms with van der Waals surface area (Å²) >= 11 is 1.46. The Hall–Kier alpha value is -2.67. The molecule has 1 aromatic carbocycles. The Morgan fingerprint density at radius 1 is 1.33 bits per heavy atom. The molecule has 1 aliphatic heterocycles. The van der Waals surface area contributed by atoms with E-state index in [9.17, 15) is 4.79 Å². The van der Waals surface area contributed by atoms with Crippen LogP contribution in [0.4, 0.5) is 5.13 Å². The van der Waals surface area contributed by atoms with Crippen LogP contribution in [0.3, 0.4) is 0 Å². The Kier molecular flexibility index (Phi) is 3.57. The Morgan fingerprint density at radius 2 is 2.12 bits per heavy atom. The molecule has 0 saturated heterocycles. The maximum absolute atomic E-state index is 13.1. The maximum atomic E-state index is 13.1. The van der Waals surface area contributed by atoms with E-state index in [0.29, 0.717) is 29.5 Å². The molecule has 0 aliphatic carbocycles. The van der Waals surface area contributed by atoms with Crippen molar-refractivity contribution in [2.45, 2.75) is 19.9 Å². The van der Waals surface area contributed by atoms with E-state index in [-0.39, 0.29) is 5.91 Å². The number of amides is 1. The van der Waals surface area contributed by atoms with Gasteiger partial charge in [0, 0.05) is 29.1 Å². The number of rotatable bonds is 2. The molecule has 4 rings (SSSR count). The number of thiazole rings is 1. The van der Waals surface area contributed by atoms with Gasteiger partial charge in [-0.15, -0.1) is 11.3 Å². The maximum Gasteiger partial charge on any atom is 0.258 e. The van der Waals surface area contributed by atoms with Gasteiger partial charge >= 0.3 is 0 Å². The summed E-state index contributed by atoms with van der Waals surface area (Å²) in [5.41, 5.74) is 9.87. The normalized spacial score (nSPS) is 13.8. The highest BCUT2D eigenvalue weighted by atomic mass is 32.1. The van der Waals surface area contributed by atoms with Crippen molar-refractivity contribution < 1.29 is 4.79 Å². The number of aromatic nitrogens is 3. The lowest BCUT2D eigenvalue weighted by molar-refractivity contribution is 0.0736. The van der Waals surface area contributed by atoms with Gasteiger partial charge in [0.2, 0.25) is 0 Å². The van der Waals surface area contributed by atoms with Gasteiger partial charge < -0.3 is 10.6 Å². The molecule has 1 amide bonds. The molecule has 3 heterocycles. The predicted molar refractivity (Wildman–Crippen MR) is 93.7 cm³/mol. The molecule has 122 valence electrons. The first kappa shape index (κ1) is 14.9. The summed E-state index contributed by atoms with van der Waals surface area (Å²) in [4.78, 5) is 20.4. The fourth-order valence-corrected chi connectivity index (χ4v) is 3.94. The monoisotopic (exact) mass is 339 g/mol. The molecule has 6 nitrogen and oxygen atoms in total. The van der Waals surface area contributed by atoms with E-state index in [1.807, 2.05) is 42.2 Å². The van der Waals surface area contributed by atoms with E-state index in [4.69, 9.17) is 5.73 Å². The van der Waals surface area contributed by atoms with Crippen molar-refractivity contribution in [3.05, 3.63) is 52.2 Å². The van der Waals surface area contributed by atoms with Crippen LogP contribution in [0.2, 0.25) is 0 Å². The zero-order valence-electron chi connectivity index (χ0n) is 13.2. The van der Waals surface area contributed by atoms with Gasteiger partial charge in [-0.3, -0.25) is 9.89 Å². The van der Waals surface area contributed by atoms with E-state index in [1.165, 1.54) is 11.3 Å². The first-order valence-electron chi connectivity index (χ1n) is 7.77. The van der Waals surface area contributed by atoms with Crippen LogP contribution in [0, 0.1) is 6.92 Å². The number of nitrogens with two attached hydrogens (primary N) is 1. The summed E-state index contributed by atoms with van der Waals surface area (Å²) < 4.78 is 0.